The highest BCUT2D eigenvalue weighted by atomic mass is 35.5. The Morgan fingerprint density at radius 2 is 1.82 bits per heavy atom. The average Bonchev–Trinajstić information content (AvgIpc) is 3.18. The molecule has 3 aromatic rings. The van der Waals surface area contributed by atoms with E-state index >= 15 is 0 Å². The smallest absolute Gasteiger partial charge is 0.444 e. The highest BCUT2D eigenvalue weighted by molar-refractivity contribution is 6.33. The van der Waals surface area contributed by atoms with E-state index in [4.69, 9.17) is 25.8 Å². The summed E-state index contributed by atoms with van der Waals surface area (Å²) in [4.78, 5) is 38.4. The Labute approximate surface area is 196 Å². The predicted octanol–water partition coefficient (Wildman–Crippen LogP) is 4.07. The summed E-state index contributed by atoms with van der Waals surface area (Å²) in [6, 6.07) is 9.27. The Morgan fingerprint density at radius 3 is 2.55 bits per heavy atom. The van der Waals surface area contributed by atoms with Crippen LogP contribution in [0.15, 0.2) is 43.0 Å². The molecule has 3 rings (SSSR count). The van der Waals surface area contributed by atoms with Gasteiger partial charge in [0.15, 0.2) is 10.8 Å². The molecule has 0 atom stereocenters. The monoisotopic (exact) mass is 475 g/mol. The summed E-state index contributed by atoms with van der Waals surface area (Å²) in [5.41, 5.74) is 1.21. The van der Waals surface area contributed by atoms with E-state index < -0.39 is 17.8 Å². The molecule has 1 aromatic carbocycles. The van der Waals surface area contributed by atoms with Gasteiger partial charge in [-0.25, -0.2) is 24.5 Å². The van der Waals surface area contributed by atoms with Crippen LogP contribution in [0.1, 0.15) is 26.3 Å². The molecule has 0 bridgehead atoms. The molecule has 0 aliphatic heterocycles. The van der Waals surface area contributed by atoms with Crippen molar-refractivity contribution >= 4 is 35.0 Å². The van der Waals surface area contributed by atoms with Gasteiger partial charge in [-0.05, 0) is 26.3 Å². The van der Waals surface area contributed by atoms with Crippen molar-refractivity contribution in [3.05, 3.63) is 53.7 Å². The molecular formula is C22H26ClN5O5. The third kappa shape index (κ3) is 7.31. The highest BCUT2D eigenvalue weighted by Gasteiger charge is 2.23. The van der Waals surface area contributed by atoms with Gasteiger partial charge in [0.1, 0.15) is 30.7 Å². The number of benzene rings is 1. The zero-order chi connectivity index (χ0) is 23.8. The quantitative estimate of drug-likeness (QED) is 0.354. The van der Waals surface area contributed by atoms with Crippen LogP contribution in [-0.2, 0) is 27.4 Å². The fourth-order valence-corrected chi connectivity index (χ4v) is 3.04. The minimum absolute atomic E-state index is 0.0501. The first kappa shape index (κ1) is 24.2. The largest absolute Gasteiger partial charge is 0.508 e. The number of carbonyl (C=O) groups excluding carboxylic acids is 2. The molecule has 33 heavy (non-hydrogen) atoms. The second-order valence-corrected chi connectivity index (χ2v) is 8.47. The number of aromatic nitrogens is 4. The Balaban J connectivity index is 1.56. The zero-order valence-corrected chi connectivity index (χ0v) is 19.5. The van der Waals surface area contributed by atoms with Gasteiger partial charge >= 0.3 is 12.2 Å². The van der Waals surface area contributed by atoms with Gasteiger partial charge in [-0.2, -0.15) is 0 Å². The number of ether oxygens (including phenoxy) is 3. The van der Waals surface area contributed by atoms with Crippen LogP contribution in [0.4, 0.5) is 9.59 Å². The molecule has 0 unspecified atom stereocenters. The first-order chi connectivity index (χ1) is 15.7. The summed E-state index contributed by atoms with van der Waals surface area (Å²) in [5.74, 6) is 0. The molecule has 0 radical (unpaired) electrons. The summed E-state index contributed by atoms with van der Waals surface area (Å²) in [5, 5.41) is 0.255. The van der Waals surface area contributed by atoms with Crippen LogP contribution in [0, 0.1) is 0 Å². The third-order valence-electron chi connectivity index (χ3n) is 4.40. The topological polar surface area (TPSA) is 109 Å². The number of halogens is 1. The SMILES string of the molecule is CC(C)(C)OC(=O)N(CCOC(=O)OCc1ccccc1)CCn1cnc2c(Cl)ncnc21. The molecule has 2 heterocycles. The number of hydrogen-bond acceptors (Lipinski definition) is 8. The van der Waals surface area contributed by atoms with Gasteiger partial charge in [0, 0.05) is 13.1 Å². The van der Waals surface area contributed by atoms with Crippen LogP contribution >= 0.6 is 11.6 Å². The van der Waals surface area contributed by atoms with Crippen molar-refractivity contribution in [2.45, 2.75) is 39.5 Å². The number of carbonyl (C=O) groups is 2. The third-order valence-corrected chi connectivity index (χ3v) is 4.68. The first-order valence-corrected chi connectivity index (χ1v) is 10.7. The van der Waals surface area contributed by atoms with Crippen molar-refractivity contribution < 1.29 is 23.8 Å². The number of fused-ring (bicyclic) bond motifs is 1. The number of hydrogen-bond donors (Lipinski definition) is 0. The Bertz CT molecular complexity index is 1080. The fourth-order valence-electron chi connectivity index (χ4n) is 2.86. The standard InChI is InChI=1S/C22H26ClN5O5/c1-22(2,3)33-20(29)27(9-10-28-15-26-17-18(23)24-14-25-19(17)28)11-12-31-21(30)32-13-16-7-5-4-6-8-16/h4-8,14-15H,9-13H2,1-3H3. The van der Waals surface area contributed by atoms with Crippen LogP contribution < -0.4 is 0 Å². The van der Waals surface area contributed by atoms with E-state index in [0.717, 1.165) is 5.56 Å². The van der Waals surface area contributed by atoms with Crippen LogP contribution in [0.5, 0.6) is 0 Å². The van der Waals surface area contributed by atoms with E-state index in [1.54, 1.807) is 31.7 Å². The van der Waals surface area contributed by atoms with Crippen molar-refractivity contribution in [2.24, 2.45) is 0 Å². The van der Waals surface area contributed by atoms with E-state index in [0.29, 0.717) is 17.7 Å². The summed E-state index contributed by atoms with van der Waals surface area (Å²) in [7, 11) is 0. The number of imidazole rings is 1. The summed E-state index contributed by atoms with van der Waals surface area (Å²) < 4.78 is 17.5. The van der Waals surface area contributed by atoms with E-state index in [-0.39, 0.29) is 31.5 Å². The van der Waals surface area contributed by atoms with Crippen molar-refractivity contribution in [1.29, 1.82) is 0 Å². The van der Waals surface area contributed by atoms with Crippen molar-refractivity contribution in [3.8, 4) is 0 Å². The van der Waals surface area contributed by atoms with Crippen LogP contribution in [0.25, 0.3) is 11.2 Å². The lowest BCUT2D eigenvalue weighted by Gasteiger charge is -2.27. The second kappa shape index (κ2) is 11.0. The van der Waals surface area contributed by atoms with Crippen molar-refractivity contribution in [2.75, 3.05) is 19.7 Å². The molecule has 0 spiro atoms. The van der Waals surface area contributed by atoms with Crippen LogP contribution in [0.2, 0.25) is 5.15 Å². The van der Waals surface area contributed by atoms with Gasteiger partial charge in [0.25, 0.3) is 0 Å². The molecule has 10 nitrogen and oxygen atoms in total. The van der Waals surface area contributed by atoms with E-state index in [9.17, 15) is 9.59 Å². The minimum atomic E-state index is -0.810. The molecule has 176 valence electrons. The number of nitrogens with zero attached hydrogens (tertiary/aromatic N) is 5. The number of rotatable bonds is 8. The maximum atomic E-state index is 12.7. The zero-order valence-electron chi connectivity index (χ0n) is 18.7. The first-order valence-electron chi connectivity index (χ1n) is 10.4. The minimum Gasteiger partial charge on any atom is -0.444 e. The molecule has 0 N–H and O–H groups in total. The molecule has 2 aromatic heterocycles. The molecule has 0 saturated carbocycles. The van der Waals surface area contributed by atoms with Gasteiger partial charge < -0.3 is 23.7 Å². The second-order valence-electron chi connectivity index (χ2n) is 8.11. The van der Waals surface area contributed by atoms with Gasteiger partial charge in [-0.3, -0.25) is 0 Å². The van der Waals surface area contributed by atoms with Gasteiger partial charge in [0.05, 0.1) is 12.9 Å². The normalized spacial score (nSPS) is 11.3. The molecule has 11 heteroatoms. The van der Waals surface area contributed by atoms with Gasteiger partial charge in [0.2, 0.25) is 0 Å². The van der Waals surface area contributed by atoms with Gasteiger partial charge in [-0.1, -0.05) is 41.9 Å². The van der Waals surface area contributed by atoms with Crippen LogP contribution in [-0.4, -0.2) is 62.0 Å². The maximum absolute atomic E-state index is 12.7. The lowest BCUT2D eigenvalue weighted by Crippen LogP contribution is -2.40. The van der Waals surface area contributed by atoms with Crippen molar-refractivity contribution in [1.82, 2.24) is 24.4 Å². The van der Waals surface area contributed by atoms with E-state index in [2.05, 4.69) is 15.0 Å². The molecular weight excluding hydrogens is 450 g/mol. The summed E-state index contributed by atoms with van der Waals surface area (Å²) in [6.45, 7) is 6.16. The Hall–Kier alpha value is -3.40. The Kier molecular flexibility index (Phi) is 8.05. The number of amides is 1. The Morgan fingerprint density at radius 1 is 1.06 bits per heavy atom. The maximum Gasteiger partial charge on any atom is 0.508 e. The molecule has 0 aliphatic rings. The molecule has 0 fully saturated rings. The molecule has 1 amide bonds. The van der Waals surface area contributed by atoms with Crippen molar-refractivity contribution in [3.63, 3.8) is 0 Å². The highest BCUT2D eigenvalue weighted by Crippen LogP contribution is 2.17. The lowest BCUT2D eigenvalue weighted by atomic mass is 10.2. The summed E-state index contributed by atoms with van der Waals surface area (Å²) in [6.07, 6.45) is 1.59. The average molecular weight is 476 g/mol. The van der Waals surface area contributed by atoms with Gasteiger partial charge in [-0.15, -0.1) is 0 Å². The molecule has 0 saturated heterocycles. The molecule has 0 aliphatic carbocycles. The lowest BCUT2D eigenvalue weighted by molar-refractivity contribution is 0.0132. The van der Waals surface area contributed by atoms with Crippen LogP contribution in [0.3, 0.4) is 0 Å². The van der Waals surface area contributed by atoms with E-state index in [1.165, 1.54) is 11.2 Å². The fraction of sp³-hybridized carbons (Fsp3) is 0.409. The summed E-state index contributed by atoms with van der Waals surface area (Å²) >= 11 is 6.05. The predicted molar refractivity (Wildman–Crippen MR) is 121 cm³/mol. The van der Waals surface area contributed by atoms with E-state index in [1.807, 2.05) is 30.3 Å².